The molecule has 0 aromatic heterocycles. The first-order valence-corrected chi connectivity index (χ1v) is 2.85. The molecule has 0 heterocycles. The molecule has 0 atom stereocenters. The molecule has 0 rings (SSSR count). The zero-order valence-electron chi connectivity index (χ0n) is 5.62. The van der Waals surface area contributed by atoms with Gasteiger partial charge in [-0.1, -0.05) is 19.3 Å². The molecule has 0 amide bonds. The summed E-state index contributed by atoms with van der Waals surface area (Å²) in [4.78, 5) is 0. The van der Waals surface area contributed by atoms with Crippen LogP contribution in [-0.4, -0.2) is 0 Å². The van der Waals surface area contributed by atoms with Gasteiger partial charge < -0.3 is 0 Å². The lowest BCUT2D eigenvalue weighted by Crippen LogP contribution is -2.05. The molecule has 2 radical (unpaired) electrons. The maximum Gasteiger partial charge on any atom is 0.0268 e. The highest BCUT2D eigenvalue weighted by atomic mass is 14.1. The molecule has 0 bridgehead atoms. The second-order valence-electron chi connectivity index (χ2n) is 2.61. The predicted molar refractivity (Wildman–Crippen MR) is 35.5 cm³/mol. The topological polar surface area (TPSA) is 0 Å². The molecule has 0 aromatic carbocycles. The minimum Gasteiger partial charge on any atom is -0.0829 e. The van der Waals surface area contributed by atoms with Gasteiger partial charge >= 0.3 is 0 Å². The van der Waals surface area contributed by atoms with Crippen molar-refractivity contribution in [2.24, 2.45) is 5.41 Å². The van der Waals surface area contributed by atoms with Crippen molar-refractivity contribution >= 4 is 0 Å². The van der Waals surface area contributed by atoms with E-state index in [2.05, 4.69) is 12.8 Å². The van der Waals surface area contributed by atoms with Gasteiger partial charge in [0.25, 0.3) is 0 Å². The minimum absolute atomic E-state index is 0.0538. The third kappa shape index (κ3) is 2.69. The Hall–Kier alpha value is -0.440. The minimum atomic E-state index is -0.0538. The van der Waals surface area contributed by atoms with E-state index in [1.165, 1.54) is 0 Å². The fourth-order valence-electron chi connectivity index (χ4n) is 0.504. The first kappa shape index (κ1) is 7.56. The normalized spacial score (nSPS) is 10.8. The van der Waals surface area contributed by atoms with Crippen LogP contribution in [0.4, 0.5) is 0 Å². The van der Waals surface area contributed by atoms with Gasteiger partial charge in [-0.05, 0) is 26.7 Å². The molecule has 0 N–H and O–H groups in total. The molecule has 0 aliphatic carbocycles. The van der Waals surface area contributed by atoms with E-state index in [1.807, 2.05) is 13.8 Å². The standard InChI is InChI=1S/C8H12/c1-5-7-8(3,4)6-2/h1,5,7H2,3-4H3. The Morgan fingerprint density at radius 2 is 2.12 bits per heavy atom. The molecule has 0 nitrogen and oxygen atoms in total. The zero-order chi connectivity index (χ0) is 6.62. The number of rotatable bonds is 2. The fraction of sp³-hybridized carbons (Fsp3) is 0.625. The van der Waals surface area contributed by atoms with Crippen LogP contribution in [0.3, 0.4) is 0 Å². The van der Waals surface area contributed by atoms with Gasteiger partial charge in [-0.3, -0.25) is 0 Å². The molecular formula is C8H12. The summed E-state index contributed by atoms with van der Waals surface area (Å²) in [7, 11) is 0. The van der Waals surface area contributed by atoms with Crippen LogP contribution in [0, 0.1) is 24.7 Å². The summed E-state index contributed by atoms with van der Waals surface area (Å²) in [6.45, 7) is 7.68. The van der Waals surface area contributed by atoms with E-state index in [0.717, 1.165) is 12.8 Å². The van der Waals surface area contributed by atoms with Crippen LogP contribution in [0.5, 0.6) is 0 Å². The van der Waals surface area contributed by atoms with Crippen molar-refractivity contribution in [3.63, 3.8) is 0 Å². The van der Waals surface area contributed by atoms with E-state index in [0.29, 0.717) is 0 Å². The van der Waals surface area contributed by atoms with Gasteiger partial charge in [-0.25, -0.2) is 0 Å². The summed E-state index contributed by atoms with van der Waals surface area (Å²) < 4.78 is 0. The first-order chi connectivity index (χ1) is 3.62. The molecule has 0 aromatic rings. The Kier molecular flexibility index (Phi) is 2.62. The average Bonchev–Trinajstić information content (AvgIpc) is 1.67. The van der Waals surface area contributed by atoms with Crippen LogP contribution in [0.25, 0.3) is 0 Å². The molecule has 0 fully saturated rings. The molecule has 0 saturated heterocycles. The molecular weight excluding hydrogens is 96.1 g/mol. The van der Waals surface area contributed by atoms with Gasteiger partial charge in [0, 0.05) is 5.41 Å². The van der Waals surface area contributed by atoms with Crippen molar-refractivity contribution in [1.29, 1.82) is 0 Å². The van der Waals surface area contributed by atoms with E-state index in [1.54, 1.807) is 0 Å². The third-order valence-corrected chi connectivity index (χ3v) is 1.14. The molecule has 44 valence electrons. The monoisotopic (exact) mass is 108 g/mol. The quantitative estimate of drug-likeness (QED) is 0.476. The smallest absolute Gasteiger partial charge is 0.0268 e. The SMILES string of the molecule is [C]#CC(C)(C)CC[CH2]. The predicted octanol–water partition coefficient (Wildman–Crippen LogP) is 2.22. The summed E-state index contributed by atoms with van der Waals surface area (Å²) in [5, 5.41) is 0. The molecule has 8 heavy (non-hydrogen) atoms. The van der Waals surface area contributed by atoms with Gasteiger partial charge in [0.05, 0.1) is 0 Å². The Balaban J connectivity index is 3.59. The lowest BCUT2D eigenvalue weighted by atomic mass is 9.90. The summed E-state index contributed by atoms with van der Waals surface area (Å²) in [6.07, 6.45) is 8.67. The molecule has 0 aliphatic heterocycles. The van der Waals surface area contributed by atoms with Gasteiger partial charge in [-0.15, -0.1) is 0 Å². The highest BCUT2D eigenvalue weighted by molar-refractivity contribution is 4.95. The Bertz CT molecular complexity index is 93.1. The Morgan fingerprint density at radius 3 is 2.25 bits per heavy atom. The van der Waals surface area contributed by atoms with Crippen molar-refractivity contribution in [3.05, 3.63) is 13.3 Å². The molecule has 0 saturated carbocycles. The first-order valence-electron chi connectivity index (χ1n) is 2.85. The van der Waals surface area contributed by atoms with Crippen molar-refractivity contribution in [1.82, 2.24) is 0 Å². The highest BCUT2D eigenvalue weighted by Gasteiger charge is 2.10. The summed E-state index contributed by atoms with van der Waals surface area (Å²) >= 11 is 0. The number of hydrogen-bond acceptors (Lipinski definition) is 0. The van der Waals surface area contributed by atoms with Crippen LogP contribution < -0.4 is 0 Å². The molecule has 0 heteroatoms. The molecule has 0 spiro atoms. The zero-order valence-corrected chi connectivity index (χ0v) is 5.62. The largest absolute Gasteiger partial charge is 0.0829 e. The van der Waals surface area contributed by atoms with E-state index in [4.69, 9.17) is 6.42 Å². The van der Waals surface area contributed by atoms with E-state index >= 15 is 0 Å². The van der Waals surface area contributed by atoms with Crippen molar-refractivity contribution in [2.45, 2.75) is 26.7 Å². The van der Waals surface area contributed by atoms with Gasteiger partial charge in [0.2, 0.25) is 0 Å². The van der Waals surface area contributed by atoms with Gasteiger partial charge in [-0.2, -0.15) is 0 Å². The Labute approximate surface area is 52.3 Å². The fourth-order valence-corrected chi connectivity index (χ4v) is 0.504. The summed E-state index contributed by atoms with van der Waals surface area (Å²) in [6, 6.07) is 0. The van der Waals surface area contributed by atoms with Crippen LogP contribution in [0.1, 0.15) is 26.7 Å². The van der Waals surface area contributed by atoms with E-state index in [9.17, 15) is 0 Å². The lowest BCUT2D eigenvalue weighted by Gasteiger charge is -2.13. The van der Waals surface area contributed by atoms with Gasteiger partial charge in [0.1, 0.15) is 0 Å². The highest BCUT2D eigenvalue weighted by Crippen LogP contribution is 2.19. The lowest BCUT2D eigenvalue weighted by molar-refractivity contribution is 0.462. The maximum absolute atomic E-state index is 6.83. The van der Waals surface area contributed by atoms with E-state index in [-0.39, 0.29) is 5.41 Å². The second kappa shape index (κ2) is 2.77. The van der Waals surface area contributed by atoms with E-state index < -0.39 is 0 Å². The van der Waals surface area contributed by atoms with Crippen molar-refractivity contribution < 1.29 is 0 Å². The van der Waals surface area contributed by atoms with Crippen LogP contribution >= 0.6 is 0 Å². The molecule has 0 aliphatic rings. The van der Waals surface area contributed by atoms with Crippen LogP contribution in [0.15, 0.2) is 0 Å². The Morgan fingerprint density at radius 1 is 1.62 bits per heavy atom. The second-order valence-corrected chi connectivity index (χ2v) is 2.61. The van der Waals surface area contributed by atoms with Crippen molar-refractivity contribution in [3.8, 4) is 5.92 Å². The molecule has 0 unspecified atom stereocenters. The average molecular weight is 108 g/mol. The van der Waals surface area contributed by atoms with Gasteiger partial charge in [0.15, 0.2) is 0 Å². The van der Waals surface area contributed by atoms with Crippen molar-refractivity contribution in [2.75, 3.05) is 0 Å². The summed E-state index contributed by atoms with van der Waals surface area (Å²) in [5.41, 5.74) is -0.0538. The third-order valence-electron chi connectivity index (χ3n) is 1.14. The maximum atomic E-state index is 6.83. The summed E-state index contributed by atoms with van der Waals surface area (Å²) in [5.74, 6) is 2.45. The van der Waals surface area contributed by atoms with Crippen LogP contribution in [-0.2, 0) is 0 Å². The van der Waals surface area contributed by atoms with Crippen LogP contribution in [0.2, 0.25) is 0 Å². The number of hydrogen-bond donors (Lipinski definition) is 0.